The Kier molecular flexibility index (Phi) is 5.26. The van der Waals surface area contributed by atoms with Crippen LogP contribution in [0.25, 0.3) is 16.6 Å². The van der Waals surface area contributed by atoms with Crippen molar-refractivity contribution in [3.05, 3.63) is 105 Å². The fraction of sp³-hybridized carbons (Fsp3) is 0.160. The van der Waals surface area contributed by atoms with Crippen LogP contribution in [0.2, 0.25) is 0 Å². The summed E-state index contributed by atoms with van der Waals surface area (Å²) in [4.78, 5) is 28.8. The van der Waals surface area contributed by atoms with E-state index < -0.39 is 16.2 Å². The van der Waals surface area contributed by atoms with Crippen molar-refractivity contribution in [1.29, 1.82) is 0 Å². The minimum Gasteiger partial charge on any atom is -0.366 e. The van der Waals surface area contributed by atoms with Gasteiger partial charge in [-0.2, -0.15) is 0 Å². The highest BCUT2D eigenvalue weighted by molar-refractivity contribution is 5.97. The number of para-hydroxylation sites is 3. The minimum atomic E-state index is -0.670. The molecule has 0 aliphatic carbocycles. The molecule has 33 heavy (non-hydrogen) atoms. The van der Waals surface area contributed by atoms with Crippen LogP contribution < -0.4 is 15.4 Å². The lowest BCUT2D eigenvalue weighted by molar-refractivity contribution is -0.385. The summed E-state index contributed by atoms with van der Waals surface area (Å²) in [5.41, 5.74) is 0.883. The zero-order chi connectivity index (χ0) is 22.9. The van der Waals surface area contributed by atoms with Gasteiger partial charge in [-0.05, 0) is 30.3 Å². The van der Waals surface area contributed by atoms with Crippen LogP contribution >= 0.6 is 0 Å². The molecule has 0 unspecified atom stereocenters. The maximum Gasteiger partial charge on any atom is 0.358 e. The third-order valence-electron chi connectivity index (χ3n) is 6.02. The summed E-state index contributed by atoms with van der Waals surface area (Å²) < 4.78 is 15.6. The van der Waals surface area contributed by atoms with Crippen LogP contribution in [0.3, 0.4) is 0 Å². The summed E-state index contributed by atoms with van der Waals surface area (Å²) in [6, 6.07) is 22.7. The van der Waals surface area contributed by atoms with Crippen molar-refractivity contribution in [3.8, 4) is 5.69 Å². The Morgan fingerprint density at radius 3 is 2.09 bits per heavy atom. The first kappa shape index (κ1) is 20.7. The van der Waals surface area contributed by atoms with E-state index in [9.17, 15) is 19.3 Å². The number of piperazine rings is 1. The monoisotopic (exact) mass is 444 g/mol. The number of nitro groups is 1. The van der Waals surface area contributed by atoms with Gasteiger partial charge < -0.3 is 9.80 Å². The number of aromatic nitrogens is 1. The van der Waals surface area contributed by atoms with E-state index in [1.165, 1.54) is 10.6 Å². The van der Waals surface area contributed by atoms with Crippen LogP contribution in [0, 0.1) is 15.9 Å². The smallest absolute Gasteiger partial charge is 0.358 e. The molecule has 0 bridgehead atoms. The molecule has 7 nitrogen and oxygen atoms in total. The van der Waals surface area contributed by atoms with Crippen molar-refractivity contribution < 1.29 is 9.31 Å². The third kappa shape index (κ3) is 3.59. The van der Waals surface area contributed by atoms with E-state index in [1.54, 1.807) is 54.6 Å². The molecule has 0 radical (unpaired) electrons. The quantitative estimate of drug-likeness (QED) is 0.345. The van der Waals surface area contributed by atoms with Crippen LogP contribution in [-0.2, 0) is 0 Å². The fourth-order valence-corrected chi connectivity index (χ4v) is 4.51. The first-order valence-electron chi connectivity index (χ1n) is 10.7. The molecule has 4 aromatic rings. The molecule has 0 N–H and O–H groups in total. The molecule has 0 amide bonds. The average Bonchev–Trinajstić information content (AvgIpc) is 2.84. The molecule has 3 aromatic carbocycles. The molecular formula is C25H21FN4O3. The van der Waals surface area contributed by atoms with Gasteiger partial charge in [-0.15, -0.1) is 0 Å². The molecule has 1 aliphatic heterocycles. The number of benzene rings is 3. The first-order valence-corrected chi connectivity index (χ1v) is 10.7. The van der Waals surface area contributed by atoms with E-state index in [1.807, 2.05) is 28.0 Å². The summed E-state index contributed by atoms with van der Waals surface area (Å²) in [7, 11) is 0. The lowest BCUT2D eigenvalue weighted by atomic mass is 10.1. The third-order valence-corrected chi connectivity index (χ3v) is 6.02. The second-order valence-electron chi connectivity index (χ2n) is 7.87. The van der Waals surface area contributed by atoms with Gasteiger partial charge in [0.25, 0.3) is 0 Å². The van der Waals surface area contributed by atoms with Gasteiger partial charge in [-0.1, -0.05) is 48.5 Å². The number of pyridine rings is 1. The Hall–Kier alpha value is -4.20. The standard InChI is InChI=1S/C25H21FN4O3/c26-20-11-5-7-13-22(20)27-14-16-28(17-15-27)23-19-10-4-6-12-21(19)29(18-8-2-1-3-9-18)25(31)24(23)30(32)33/h1-13H,14-17H2. The SMILES string of the molecule is O=c1c([N+](=O)[O-])c(N2CCN(c3ccccc3F)CC2)c2ccccc2n1-c1ccccc1. The van der Waals surface area contributed by atoms with Gasteiger partial charge in [0.2, 0.25) is 0 Å². The zero-order valence-electron chi connectivity index (χ0n) is 17.7. The zero-order valence-corrected chi connectivity index (χ0v) is 17.7. The Labute approximate surface area is 189 Å². The summed E-state index contributed by atoms with van der Waals surface area (Å²) in [6.45, 7) is 1.81. The predicted molar refractivity (Wildman–Crippen MR) is 127 cm³/mol. The molecule has 1 fully saturated rings. The maximum absolute atomic E-state index is 14.2. The van der Waals surface area contributed by atoms with Gasteiger partial charge in [0.05, 0.1) is 16.1 Å². The van der Waals surface area contributed by atoms with Crippen molar-refractivity contribution in [2.75, 3.05) is 36.0 Å². The Bertz CT molecular complexity index is 1400. The van der Waals surface area contributed by atoms with Gasteiger partial charge >= 0.3 is 11.2 Å². The van der Waals surface area contributed by atoms with Gasteiger partial charge in [0, 0.05) is 37.3 Å². The van der Waals surface area contributed by atoms with E-state index in [0.29, 0.717) is 54.1 Å². The van der Waals surface area contributed by atoms with Gasteiger partial charge in [0.1, 0.15) is 11.5 Å². The molecule has 0 saturated carbocycles. The van der Waals surface area contributed by atoms with Gasteiger partial charge in [-0.3, -0.25) is 19.5 Å². The van der Waals surface area contributed by atoms with E-state index in [4.69, 9.17) is 0 Å². The van der Waals surface area contributed by atoms with Crippen molar-refractivity contribution in [3.63, 3.8) is 0 Å². The number of anilines is 2. The number of halogens is 1. The Balaban J connectivity index is 1.62. The number of nitrogens with zero attached hydrogens (tertiary/aromatic N) is 4. The van der Waals surface area contributed by atoms with Crippen LogP contribution in [0.4, 0.5) is 21.5 Å². The average molecular weight is 444 g/mol. The van der Waals surface area contributed by atoms with Crippen molar-refractivity contribution in [2.24, 2.45) is 0 Å². The molecule has 1 saturated heterocycles. The number of fused-ring (bicyclic) bond motifs is 1. The molecule has 1 aliphatic rings. The maximum atomic E-state index is 14.2. The lowest BCUT2D eigenvalue weighted by Gasteiger charge is -2.37. The largest absolute Gasteiger partial charge is 0.366 e. The van der Waals surface area contributed by atoms with Crippen molar-refractivity contribution in [1.82, 2.24) is 4.57 Å². The highest BCUT2D eigenvalue weighted by Gasteiger charge is 2.32. The van der Waals surface area contributed by atoms with Crippen molar-refractivity contribution >= 4 is 28.0 Å². The molecule has 0 spiro atoms. The molecule has 5 rings (SSSR count). The second kappa shape index (κ2) is 8.38. The molecule has 1 aromatic heterocycles. The summed E-state index contributed by atoms with van der Waals surface area (Å²) in [5.74, 6) is -0.298. The van der Waals surface area contributed by atoms with Crippen LogP contribution in [-0.4, -0.2) is 35.7 Å². The van der Waals surface area contributed by atoms with Gasteiger partial charge in [0.15, 0.2) is 0 Å². The molecule has 8 heteroatoms. The number of hydrogen-bond donors (Lipinski definition) is 0. The fourth-order valence-electron chi connectivity index (χ4n) is 4.51. The normalized spacial score (nSPS) is 14.0. The van der Waals surface area contributed by atoms with Crippen molar-refractivity contribution in [2.45, 2.75) is 0 Å². The van der Waals surface area contributed by atoms with E-state index in [-0.39, 0.29) is 5.82 Å². The highest BCUT2D eigenvalue weighted by atomic mass is 19.1. The van der Waals surface area contributed by atoms with Crippen LogP contribution in [0.1, 0.15) is 0 Å². The Morgan fingerprint density at radius 1 is 0.788 bits per heavy atom. The summed E-state index contributed by atoms with van der Waals surface area (Å²) in [5, 5.41) is 12.8. The minimum absolute atomic E-state index is 0.298. The molecular weight excluding hydrogens is 423 g/mol. The number of rotatable bonds is 4. The van der Waals surface area contributed by atoms with E-state index in [0.717, 1.165) is 0 Å². The first-order chi connectivity index (χ1) is 16.1. The highest BCUT2D eigenvalue weighted by Crippen LogP contribution is 2.35. The molecule has 166 valence electrons. The topological polar surface area (TPSA) is 71.6 Å². The lowest BCUT2D eigenvalue weighted by Crippen LogP contribution is -2.47. The second-order valence-corrected chi connectivity index (χ2v) is 7.87. The predicted octanol–water partition coefficient (Wildman–Crippen LogP) is 4.36. The van der Waals surface area contributed by atoms with E-state index in [2.05, 4.69) is 0 Å². The summed E-state index contributed by atoms with van der Waals surface area (Å²) in [6.07, 6.45) is 0. The van der Waals surface area contributed by atoms with Crippen LogP contribution in [0.15, 0.2) is 83.7 Å². The Morgan fingerprint density at radius 2 is 1.39 bits per heavy atom. The summed E-state index contributed by atoms with van der Waals surface area (Å²) >= 11 is 0. The number of hydrogen-bond acceptors (Lipinski definition) is 5. The van der Waals surface area contributed by atoms with Gasteiger partial charge in [-0.25, -0.2) is 4.39 Å². The molecule has 0 atom stereocenters. The van der Waals surface area contributed by atoms with Crippen LogP contribution in [0.5, 0.6) is 0 Å². The molecule has 2 heterocycles. The van der Waals surface area contributed by atoms with E-state index >= 15 is 0 Å².